The fraction of sp³-hybridized carbons (Fsp3) is 0.222. The van der Waals surface area contributed by atoms with Gasteiger partial charge in [0, 0.05) is 0 Å². The molecule has 0 aliphatic carbocycles. The number of halogens is 1. The second-order valence-corrected chi connectivity index (χ2v) is 2.26. The van der Waals surface area contributed by atoms with Crippen LogP contribution >= 0.6 is 12.4 Å². The minimum Gasteiger partial charge on any atom is -0.198 e. The SMILES string of the molecule is CC(C#N)c1ccccc1.Cl. The predicted molar refractivity (Wildman–Crippen MR) is 47.7 cm³/mol. The molecule has 2 heteroatoms. The van der Waals surface area contributed by atoms with Crippen molar-refractivity contribution in [3.05, 3.63) is 35.9 Å². The number of hydrogen-bond acceptors (Lipinski definition) is 1. The number of nitrogens with zero attached hydrogens (tertiary/aromatic N) is 1. The summed E-state index contributed by atoms with van der Waals surface area (Å²) in [4.78, 5) is 0. The zero-order valence-corrected chi connectivity index (χ0v) is 7.14. The molecule has 0 amide bonds. The number of benzene rings is 1. The number of rotatable bonds is 1. The lowest BCUT2D eigenvalue weighted by Gasteiger charge is -1.99. The van der Waals surface area contributed by atoms with Crippen LogP contribution in [0.1, 0.15) is 18.4 Å². The van der Waals surface area contributed by atoms with Crippen molar-refractivity contribution in [1.29, 1.82) is 5.26 Å². The maximum atomic E-state index is 8.54. The van der Waals surface area contributed by atoms with E-state index < -0.39 is 0 Å². The fourth-order valence-corrected chi connectivity index (χ4v) is 0.816. The van der Waals surface area contributed by atoms with Crippen LogP contribution in [-0.2, 0) is 0 Å². The minimum atomic E-state index is 0. The van der Waals surface area contributed by atoms with Crippen LogP contribution in [0.15, 0.2) is 30.3 Å². The van der Waals surface area contributed by atoms with Gasteiger partial charge in [-0.15, -0.1) is 12.4 Å². The van der Waals surface area contributed by atoms with Gasteiger partial charge < -0.3 is 0 Å². The van der Waals surface area contributed by atoms with Crippen LogP contribution in [0.5, 0.6) is 0 Å². The first-order valence-corrected chi connectivity index (χ1v) is 3.29. The molecule has 0 radical (unpaired) electrons. The summed E-state index contributed by atoms with van der Waals surface area (Å²) in [5, 5.41) is 8.54. The average molecular weight is 168 g/mol. The molecule has 0 N–H and O–H groups in total. The Hall–Kier alpha value is -1.00. The Bertz CT molecular complexity index is 237. The number of nitriles is 1. The van der Waals surface area contributed by atoms with Crippen LogP contribution in [-0.4, -0.2) is 0 Å². The molecule has 1 aromatic carbocycles. The summed E-state index contributed by atoms with van der Waals surface area (Å²) in [6, 6.07) is 12.0. The normalized spacial score (nSPS) is 10.9. The first kappa shape index (κ1) is 10.0. The summed E-state index contributed by atoms with van der Waals surface area (Å²) in [6.07, 6.45) is 0. The molecule has 0 fully saturated rings. The Balaban J connectivity index is 0.000001000. The van der Waals surface area contributed by atoms with E-state index in [9.17, 15) is 0 Å². The summed E-state index contributed by atoms with van der Waals surface area (Å²) in [7, 11) is 0. The Morgan fingerprint density at radius 1 is 1.27 bits per heavy atom. The molecular formula is C9H10ClN. The van der Waals surface area contributed by atoms with Gasteiger partial charge in [0.15, 0.2) is 0 Å². The molecular weight excluding hydrogens is 158 g/mol. The first-order chi connectivity index (χ1) is 4.84. The zero-order valence-electron chi connectivity index (χ0n) is 6.32. The summed E-state index contributed by atoms with van der Waals surface area (Å²) < 4.78 is 0. The third-order valence-corrected chi connectivity index (χ3v) is 1.49. The van der Waals surface area contributed by atoms with Crippen molar-refractivity contribution in [2.45, 2.75) is 12.8 Å². The third-order valence-electron chi connectivity index (χ3n) is 1.49. The third kappa shape index (κ3) is 2.61. The summed E-state index contributed by atoms with van der Waals surface area (Å²) >= 11 is 0. The van der Waals surface area contributed by atoms with Crippen LogP contribution in [0.25, 0.3) is 0 Å². The highest BCUT2D eigenvalue weighted by Crippen LogP contribution is 2.11. The summed E-state index contributed by atoms with van der Waals surface area (Å²) in [6.45, 7) is 1.90. The smallest absolute Gasteiger partial charge is 0.0700 e. The van der Waals surface area contributed by atoms with E-state index >= 15 is 0 Å². The Kier molecular flexibility index (Phi) is 4.33. The van der Waals surface area contributed by atoms with Gasteiger partial charge in [-0.25, -0.2) is 0 Å². The monoisotopic (exact) mass is 167 g/mol. The Labute approximate surface area is 73.1 Å². The highest BCUT2D eigenvalue weighted by Gasteiger charge is 1.99. The Morgan fingerprint density at radius 2 is 1.82 bits per heavy atom. The van der Waals surface area contributed by atoms with Gasteiger partial charge in [-0.05, 0) is 12.5 Å². The van der Waals surface area contributed by atoms with Crippen molar-refractivity contribution in [3.8, 4) is 6.07 Å². The highest BCUT2D eigenvalue weighted by molar-refractivity contribution is 5.85. The summed E-state index contributed by atoms with van der Waals surface area (Å²) in [5.41, 5.74) is 1.09. The molecule has 1 aromatic rings. The lowest BCUT2D eigenvalue weighted by molar-refractivity contribution is 0.982. The molecule has 0 aromatic heterocycles. The van der Waals surface area contributed by atoms with Gasteiger partial charge in [0.1, 0.15) is 0 Å². The molecule has 58 valence electrons. The zero-order chi connectivity index (χ0) is 7.40. The van der Waals surface area contributed by atoms with Crippen molar-refractivity contribution >= 4 is 12.4 Å². The van der Waals surface area contributed by atoms with E-state index in [1.54, 1.807) is 0 Å². The van der Waals surface area contributed by atoms with E-state index in [1.807, 2.05) is 37.3 Å². The molecule has 0 aliphatic rings. The van der Waals surface area contributed by atoms with Crippen LogP contribution in [0, 0.1) is 11.3 Å². The second kappa shape index (κ2) is 4.76. The van der Waals surface area contributed by atoms with Gasteiger partial charge in [-0.3, -0.25) is 0 Å². The molecule has 11 heavy (non-hydrogen) atoms. The van der Waals surface area contributed by atoms with E-state index in [0.717, 1.165) is 5.56 Å². The van der Waals surface area contributed by atoms with E-state index in [1.165, 1.54) is 0 Å². The van der Waals surface area contributed by atoms with E-state index in [4.69, 9.17) is 5.26 Å². The topological polar surface area (TPSA) is 23.8 Å². The maximum absolute atomic E-state index is 8.54. The lowest BCUT2D eigenvalue weighted by atomic mass is 10.0. The summed E-state index contributed by atoms with van der Waals surface area (Å²) in [5.74, 6) is 0.0150. The molecule has 1 atom stereocenters. The molecule has 1 unspecified atom stereocenters. The van der Waals surface area contributed by atoms with Gasteiger partial charge in [0.2, 0.25) is 0 Å². The molecule has 0 bridgehead atoms. The standard InChI is InChI=1S/C9H9N.ClH/c1-8(7-10)9-5-3-2-4-6-9;/h2-6,8H,1H3;1H. The van der Waals surface area contributed by atoms with Gasteiger partial charge in [0.25, 0.3) is 0 Å². The van der Waals surface area contributed by atoms with Gasteiger partial charge in [0.05, 0.1) is 12.0 Å². The molecule has 0 aliphatic heterocycles. The highest BCUT2D eigenvalue weighted by atomic mass is 35.5. The maximum Gasteiger partial charge on any atom is 0.0700 e. The van der Waals surface area contributed by atoms with E-state index in [0.29, 0.717) is 0 Å². The Morgan fingerprint density at radius 3 is 2.27 bits per heavy atom. The van der Waals surface area contributed by atoms with Crippen molar-refractivity contribution < 1.29 is 0 Å². The van der Waals surface area contributed by atoms with Crippen molar-refractivity contribution in [2.75, 3.05) is 0 Å². The molecule has 1 nitrogen and oxygen atoms in total. The molecule has 0 saturated heterocycles. The lowest BCUT2D eigenvalue weighted by Crippen LogP contribution is -1.86. The average Bonchev–Trinajstić information content (AvgIpc) is 2.05. The van der Waals surface area contributed by atoms with Crippen LogP contribution in [0.3, 0.4) is 0 Å². The second-order valence-electron chi connectivity index (χ2n) is 2.26. The molecule has 1 rings (SSSR count). The minimum absolute atomic E-state index is 0. The largest absolute Gasteiger partial charge is 0.198 e. The van der Waals surface area contributed by atoms with Crippen LogP contribution in [0.2, 0.25) is 0 Å². The fourth-order valence-electron chi connectivity index (χ4n) is 0.816. The molecule has 0 spiro atoms. The van der Waals surface area contributed by atoms with Crippen molar-refractivity contribution in [1.82, 2.24) is 0 Å². The van der Waals surface area contributed by atoms with Crippen LogP contribution < -0.4 is 0 Å². The quantitative estimate of drug-likeness (QED) is 0.631. The number of hydrogen-bond donors (Lipinski definition) is 0. The predicted octanol–water partition coefficient (Wildman–Crippen LogP) is 2.74. The van der Waals surface area contributed by atoms with Crippen molar-refractivity contribution in [3.63, 3.8) is 0 Å². The van der Waals surface area contributed by atoms with Crippen molar-refractivity contribution in [2.24, 2.45) is 0 Å². The van der Waals surface area contributed by atoms with E-state index in [-0.39, 0.29) is 18.3 Å². The van der Waals surface area contributed by atoms with Gasteiger partial charge in [-0.2, -0.15) is 5.26 Å². The molecule has 0 saturated carbocycles. The van der Waals surface area contributed by atoms with Gasteiger partial charge in [-0.1, -0.05) is 30.3 Å². The van der Waals surface area contributed by atoms with Gasteiger partial charge >= 0.3 is 0 Å². The molecule has 0 heterocycles. The first-order valence-electron chi connectivity index (χ1n) is 3.29. The van der Waals surface area contributed by atoms with E-state index in [2.05, 4.69) is 6.07 Å². The van der Waals surface area contributed by atoms with Crippen LogP contribution in [0.4, 0.5) is 0 Å².